The maximum atomic E-state index is 15.4. The van der Waals surface area contributed by atoms with E-state index in [-0.39, 0.29) is 16.6 Å². The fourth-order valence-corrected chi connectivity index (χ4v) is 8.79. The molecule has 6 rings (SSSR count). The number of halogens is 1. The Morgan fingerprint density at radius 2 is 1.62 bits per heavy atom. The molecule has 29 heavy (non-hydrogen) atoms. The van der Waals surface area contributed by atoms with Gasteiger partial charge in [-0.25, -0.2) is 4.39 Å². The Labute approximate surface area is 173 Å². The van der Waals surface area contributed by atoms with Gasteiger partial charge in [-0.15, -0.1) is 0 Å². The van der Waals surface area contributed by atoms with Crippen LogP contribution in [0.25, 0.3) is 0 Å². The van der Waals surface area contributed by atoms with Crippen LogP contribution in [0.5, 0.6) is 0 Å². The van der Waals surface area contributed by atoms with Crippen molar-refractivity contribution >= 4 is 0 Å². The fourth-order valence-electron chi connectivity index (χ4n) is 8.79. The van der Waals surface area contributed by atoms with E-state index in [0.29, 0.717) is 56.5 Å². The van der Waals surface area contributed by atoms with E-state index in [1.165, 1.54) is 5.57 Å². The Morgan fingerprint density at radius 1 is 0.931 bits per heavy atom. The monoisotopic (exact) mass is 406 g/mol. The molecular weight excluding hydrogens is 371 g/mol. The molecule has 0 bridgehead atoms. The lowest BCUT2D eigenvalue weighted by Crippen LogP contribution is -2.59. The van der Waals surface area contributed by atoms with Gasteiger partial charge < -0.3 is 18.9 Å². The highest BCUT2D eigenvalue weighted by molar-refractivity contribution is 5.23. The number of alkyl halides is 1. The van der Waals surface area contributed by atoms with E-state index in [1.807, 2.05) is 0 Å². The summed E-state index contributed by atoms with van der Waals surface area (Å²) in [6, 6.07) is 0. The van der Waals surface area contributed by atoms with E-state index in [4.69, 9.17) is 18.9 Å². The van der Waals surface area contributed by atoms with E-state index in [2.05, 4.69) is 20.4 Å². The molecular formula is C24H35FO4. The second kappa shape index (κ2) is 6.05. The summed E-state index contributed by atoms with van der Waals surface area (Å²) in [6.45, 7) is 11.7. The molecule has 7 atom stereocenters. The van der Waals surface area contributed by atoms with E-state index >= 15 is 4.39 Å². The summed E-state index contributed by atoms with van der Waals surface area (Å²) in [5, 5.41) is 0. The number of hydrogen-bond donors (Lipinski definition) is 0. The first-order valence-corrected chi connectivity index (χ1v) is 11.7. The van der Waals surface area contributed by atoms with Gasteiger partial charge in [-0.2, -0.15) is 0 Å². The first-order chi connectivity index (χ1) is 13.8. The minimum absolute atomic E-state index is 0.209. The van der Waals surface area contributed by atoms with Gasteiger partial charge in [0.05, 0.1) is 26.4 Å². The quantitative estimate of drug-likeness (QED) is 0.550. The van der Waals surface area contributed by atoms with Gasteiger partial charge in [0, 0.05) is 18.3 Å². The van der Waals surface area contributed by atoms with Crippen LogP contribution in [0.15, 0.2) is 12.2 Å². The van der Waals surface area contributed by atoms with Crippen LogP contribution >= 0.6 is 0 Å². The molecule has 0 aromatic carbocycles. The molecule has 4 aliphatic carbocycles. The predicted molar refractivity (Wildman–Crippen MR) is 106 cm³/mol. The van der Waals surface area contributed by atoms with Gasteiger partial charge in [0.1, 0.15) is 0 Å². The zero-order chi connectivity index (χ0) is 20.1. The van der Waals surface area contributed by atoms with Crippen LogP contribution in [-0.4, -0.2) is 44.2 Å². The average Bonchev–Trinajstić information content (AvgIpc) is 3.41. The van der Waals surface area contributed by atoms with E-state index in [1.54, 1.807) is 0 Å². The standard InChI is InChI=1S/C24H35FO4/c1-15-12-16-17(21(2)6-7-23(14-19(15)21)26-8-9-27-23)4-5-22(3)18(16)13-20(25)24(22)28-10-11-29-24/h16-20H,1,4-14H2,2-3H3. The van der Waals surface area contributed by atoms with Crippen LogP contribution in [0.4, 0.5) is 4.39 Å². The zero-order valence-electron chi connectivity index (χ0n) is 17.9. The topological polar surface area (TPSA) is 36.9 Å². The molecule has 6 aliphatic rings. The number of hydrogen-bond acceptors (Lipinski definition) is 4. The minimum atomic E-state index is -1.02. The van der Waals surface area contributed by atoms with Crippen molar-refractivity contribution in [2.75, 3.05) is 26.4 Å². The maximum absolute atomic E-state index is 15.4. The summed E-state index contributed by atoms with van der Waals surface area (Å²) < 4.78 is 39.6. The molecule has 0 aromatic rings. The third-order valence-electron chi connectivity index (χ3n) is 10.2. The second-order valence-corrected chi connectivity index (χ2v) is 11.1. The zero-order valence-corrected chi connectivity index (χ0v) is 17.9. The van der Waals surface area contributed by atoms with Crippen LogP contribution in [-0.2, 0) is 18.9 Å². The summed E-state index contributed by atoms with van der Waals surface area (Å²) in [7, 11) is 0. The molecule has 0 amide bonds. The predicted octanol–water partition coefficient (Wildman–Crippen LogP) is 4.63. The van der Waals surface area contributed by atoms with Crippen molar-refractivity contribution in [1.29, 1.82) is 0 Å². The first kappa shape index (κ1) is 19.2. The molecule has 2 saturated heterocycles. The normalized spacial score (nSPS) is 52.5. The summed E-state index contributed by atoms with van der Waals surface area (Å²) in [6.07, 6.45) is 5.70. The van der Waals surface area contributed by atoms with Gasteiger partial charge >= 0.3 is 0 Å². The highest BCUT2D eigenvalue weighted by Gasteiger charge is 2.72. The lowest BCUT2D eigenvalue weighted by Gasteiger charge is -2.62. The highest BCUT2D eigenvalue weighted by Crippen LogP contribution is 2.71. The SMILES string of the molecule is C=C1CC2C(CCC3(C)C2CC(F)C32OCCO2)C2(C)CCC3(CC12)OCCO3. The smallest absolute Gasteiger partial charge is 0.205 e. The molecule has 0 N–H and O–H groups in total. The van der Waals surface area contributed by atoms with Crippen molar-refractivity contribution in [3.05, 3.63) is 12.2 Å². The molecule has 0 radical (unpaired) electrons. The summed E-state index contributed by atoms with van der Waals surface area (Å²) in [5.74, 6) is 0.445. The van der Waals surface area contributed by atoms with Gasteiger partial charge in [-0.05, 0) is 61.2 Å². The molecule has 0 aromatic heterocycles. The van der Waals surface area contributed by atoms with Crippen molar-refractivity contribution in [2.24, 2.45) is 34.5 Å². The molecule has 6 fully saturated rings. The molecule has 7 unspecified atom stereocenters. The van der Waals surface area contributed by atoms with Crippen LogP contribution in [0.2, 0.25) is 0 Å². The van der Waals surface area contributed by atoms with E-state index in [0.717, 1.165) is 38.5 Å². The Hall–Kier alpha value is -0.490. The maximum Gasteiger partial charge on any atom is 0.205 e. The van der Waals surface area contributed by atoms with Crippen LogP contribution in [0.1, 0.15) is 58.8 Å². The van der Waals surface area contributed by atoms with Crippen LogP contribution < -0.4 is 0 Å². The van der Waals surface area contributed by atoms with Crippen LogP contribution in [0.3, 0.4) is 0 Å². The van der Waals surface area contributed by atoms with Crippen molar-refractivity contribution in [1.82, 2.24) is 0 Å². The lowest BCUT2D eigenvalue weighted by molar-refractivity contribution is -0.268. The minimum Gasteiger partial charge on any atom is -0.348 e. The molecule has 162 valence electrons. The van der Waals surface area contributed by atoms with Gasteiger partial charge in [0.2, 0.25) is 5.79 Å². The van der Waals surface area contributed by atoms with Gasteiger partial charge in [0.15, 0.2) is 12.0 Å². The summed E-state index contributed by atoms with van der Waals surface area (Å²) in [5.41, 5.74) is 1.31. The van der Waals surface area contributed by atoms with Crippen LogP contribution in [0, 0.1) is 34.5 Å². The molecule has 5 heteroatoms. The third-order valence-corrected chi connectivity index (χ3v) is 10.2. The molecule has 2 aliphatic heterocycles. The Balaban J connectivity index is 1.33. The Morgan fingerprint density at radius 3 is 2.34 bits per heavy atom. The number of rotatable bonds is 0. The summed E-state index contributed by atoms with van der Waals surface area (Å²) in [4.78, 5) is 0. The Bertz CT molecular complexity index is 712. The van der Waals surface area contributed by atoms with Crippen molar-refractivity contribution < 1.29 is 23.3 Å². The van der Waals surface area contributed by atoms with E-state index < -0.39 is 12.0 Å². The van der Waals surface area contributed by atoms with E-state index in [9.17, 15) is 0 Å². The fraction of sp³-hybridized carbons (Fsp3) is 0.917. The van der Waals surface area contributed by atoms with Crippen molar-refractivity contribution in [3.63, 3.8) is 0 Å². The number of fused-ring (bicyclic) bond motifs is 6. The average molecular weight is 407 g/mol. The van der Waals surface area contributed by atoms with Crippen molar-refractivity contribution in [3.8, 4) is 0 Å². The van der Waals surface area contributed by atoms with Gasteiger partial charge in [0.25, 0.3) is 0 Å². The number of allylic oxidation sites excluding steroid dienone is 1. The third kappa shape index (κ3) is 2.29. The van der Waals surface area contributed by atoms with Gasteiger partial charge in [-0.1, -0.05) is 26.0 Å². The summed E-state index contributed by atoms with van der Waals surface area (Å²) >= 11 is 0. The molecule has 2 heterocycles. The van der Waals surface area contributed by atoms with Gasteiger partial charge in [-0.3, -0.25) is 0 Å². The number of ether oxygens (including phenoxy) is 4. The van der Waals surface area contributed by atoms with Crippen molar-refractivity contribution in [2.45, 2.75) is 76.5 Å². The molecule has 4 saturated carbocycles. The Kier molecular flexibility index (Phi) is 4.01. The second-order valence-electron chi connectivity index (χ2n) is 11.1. The lowest BCUT2D eigenvalue weighted by atomic mass is 9.44. The highest BCUT2D eigenvalue weighted by atomic mass is 19.1. The largest absolute Gasteiger partial charge is 0.348 e. The molecule has 4 nitrogen and oxygen atoms in total. The first-order valence-electron chi connectivity index (χ1n) is 11.7. The molecule has 2 spiro atoms.